The van der Waals surface area contributed by atoms with Crippen molar-refractivity contribution in [3.63, 3.8) is 0 Å². The molecule has 1 fully saturated rings. The maximum Gasteiger partial charge on any atom is 0.161 e. The highest BCUT2D eigenvalue weighted by Crippen LogP contribution is 2.33. The summed E-state index contributed by atoms with van der Waals surface area (Å²) in [6.45, 7) is 2.59. The zero-order valence-electron chi connectivity index (χ0n) is 17.6. The molecule has 3 rings (SSSR count). The zero-order valence-corrected chi connectivity index (χ0v) is 17.6. The fourth-order valence-electron chi connectivity index (χ4n) is 4.11. The second kappa shape index (κ2) is 10.4. The monoisotopic (exact) mass is 412 g/mol. The molecule has 0 spiro atoms. The van der Waals surface area contributed by atoms with E-state index in [4.69, 9.17) is 9.47 Å². The molecule has 0 aliphatic carbocycles. The van der Waals surface area contributed by atoms with Crippen molar-refractivity contribution in [1.29, 1.82) is 5.26 Å². The van der Waals surface area contributed by atoms with Crippen LogP contribution in [0.3, 0.4) is 0 Å². The first-order valence-corrected chi connectivity index (χ1v) is 10.3. The van der Waals surface area contributed by atoms with Crippen LogP contribution in [0.15, 0.2) is 42.5 Å². The Morgan fingerprint density at radius 3 is 2.30 bits per heavy atom. The van der Waals surface area contributed by atoms with Crippen LogP contribution in [-0.4, -0.2) is 43.9 Å². The number of rotatable bonds is 8. The second-order valence-electron chi connectivity index (χ2n) is 7.76. The van der Waals surface area contributed by atoms with Gasteiger partial charge in [-0.2, -0.15) is 5.26 Å². The third-order valence-electron chi connectivity index (χ3n) is 5.99. The van der Waals surface area contributed by atoms with Crippen LogP contribution in [0.2, 0.25) is 0 Å². The first kappa shape index (κ1) is 22.1. The first-order chi connectivity index (χ1) is 14.5. The van der Waals surface area contributed by atoms with Crippen LogP contribution in [0.1, 0.15) is 42.4 Å². The number of aliphatic hydroxyl groups excluding tert-OH is 1. The number of aliphatic hydroxyl groups is 1. The summed E-state index contributed by atoms with van der Waals surface area (Å²) in [5, 5.41) is 20.3. The molecule has 30 heavy (non-hydrogen) atoms. The Kier molecular flexibility index (Phi) is 7.67. The summed E-state index contributed by atoms with van der Waals surface area (Å²) >= 11 is 0. The van der Waals surface area contributed by atoms with Crippen LogP contribution < -0.4 is 9.47 Å². The molecule has 5 nitrogen and oxygen atoms in total. The van der Waals surface area contributed by atoms with Crippen molar-refractivity contribution < 1.29 is 19.0 Å². The lowest BCUT2D eigenvalue weighted by molar-refractivity contribution is 0.0583. The summed E-state index contributed by atoms with van der Waals surface area (Å²) in [5.74, 6) is 0.949. The molecule has 2 aromatic carbocycles. The van der Waals surface area contributed by atoms with Gasteiger partial charge in [0, 0.05) is 0 Å². The molecule has 0 aromatic heterocycles. The standard InChI is InChI=1S/C24H29FN2O3/c1-29-22-8-5-19(15-23(22)30-2)20(16-26)11-14-27-12-9-18(10-13-27)24(28)17-3-6-21(25)7-4-17/h3-8,15,18,20,24,28H,9-14H2,1-2H3. The minimum absolute atomic E-state index is 0.171. The van der Waals surface area contributed by atoms with E-state index in [0.29, 0.717) is 11.5 Å². The molecule has 0 amide bonds. The van der Waals surface area contributed by atoms with E-state index in [2.05, 4.69) is 11.0 Å². The number of benzene rings is 2. The van der Waals surface area contributed by atoms with Crippen LogP contribution in [-0.2, 0) is 0 Å². The summed E-state index contributed by atoms with van der Waals surface area (Å²) in [4.78, 5) is 2.35. The van der Waals surface area contributed by atoms with Gasteiger partial charge in [0.2, 0.25) is 0 Å². The van der Waals surface area contributed by atoms with Gasteiger partial charge < -0.3 is 19.5 Å². The van der Waals surface area contributed by atoms with E-state index in [0.717, 1.165) is 50.0 Å². The highest BCUT2D eigenvalue weighted by Gasteiger charge is 2.26. The van der Waals surface area contributed by atoms with Crippen LogP contribution in [0.5, 0.6) is 11.5 Å². The highest BCUT2D eigenvalue weighted by atomic mass is 19.1. The molecule has 2 atom stereocenters. The molecule has 0 bridgehead atoms. The van der Waals surface area contributed by atoms with E-state index in [9.17, 15) is 14.8 Å². The van der Waals surface area contributed by atoms with Crippen molar-refractivity contribution in [2.75, 3.05) is 33.9 Å². The molecule has 6 heteroatoms. The maximum absolute atomic E-state index is 13.1. The Bertz CT molecular complexity index is 858. The predicted molar refractivity (Wildman–Crippen MR) is 113 cm³/mol. The lowest BCUT2D eigenvalue weighted by atomic mass is 9.87. The average Bonchev–Trinajstić information content (AvgIpc) is 2.79. The number of methoxy groups -OCH3 is 2. The lowest BCUT2D eigenvalue weighted by Crippen LogP contribution is -2.36. The first-order valence-electron chi connectivity index (χ1n) is 10.3. The maximum atomic E-state index is 13.1. The molecule has 1 saturated heterocycles. The Balaban J connectivity index is 1.52. The van der Waals surface area contributed by atoms with Gasteiger partial charge in [-0.3, -0.25) is 0 Å². The van der Waals surface area contributed by atoms with E-state index in [1.165, 1.54) is 12.1 Å². The van der Waals surface area contributed by atoms with Crippen LogP contribution >= 0.6 is 0 Å². The van der Waals surface area contributed by atoms with Gasteiger partial charge in [0.05, 0.1) is 32.3 Å². The van der Waals surface area contributed by atoms with Crippen molar-refractivity contribution >= 4 is 0 Å². The van der Waals surface area contributed by atoms with Gasteiger partial charge in [-0.1, -0.05) is 18.2 Å². The van der Waals surface area contributed by atoms with Crippen molar-refractivity contribution in [2.24, 2.45) is 5.92 Å². The Morgan fingerprint density at radius 2 is 1.70 bits per heavy atom. The number of hydrogen-bond donors (Lipinski definition) is 1. The average molecular weight is 413 g/mol. The molecular formula is C24H29FN2O3. The highest BCUT2D eigenvalue weighted by molar-refractivity contribution is 5.45. The van der Waals surface area contributed by atoms with Crippen molar-refractivity contribution in [3.8, 4) is 17.6 Å². The van der Waals surface area contributed by atoms with E-state index in [1.54, 1.807) is 26.4 Å². The van der Waals surface area contributed by atoms with Gasteiger partial charge in [0.15, 0.2) is 11.5 Å². The fourth-order valence-corrected chi connectivity index (χ4v) is 4.11. The predicted octanol–water partition coefficient (Wildman–Crippen LogP) is 4.29. The molecule has 1 N–H and O–H groups in total. The van der Waals surface area contributed by atoms with Crippen molar-refractivity contribution in [2.45, 2.75) is 31.3 Å². The molecule has 160 valence electrons. The molecule has 0 saturated carbocycles. The molecule has 1 aliphatic heterocycles. The van der Waals surface area contributed by atoms with Crippen molar-refractivity contribution in [3.05, 3.63) is 59.4 Å². The van der Waals surface area contributed by atoms with Gasteiger partial charge in [0.25, 0.3) is 0 Å². The van der Waals surface area contributed by atoms with E-state index < -0.39 is 6.10 Å². The number of nitrogens with zero attached hydrogens (tertiary/aromatic N) is 2. The molecule has 0 radical (unpaired) electrons. The summed E-state index contributed by atoms with van der Waals surface area (Å²) in [6.07, 6.45) is 1.93. The number of halogens is 1. The number of nitriles is 1. The second-order valence-corrected chi connectivity index (χ2v) is 7.76. The number of ether oxygens (including phenoxy) is 2. The molecule has 1 heterocycles. The summed E-state index contributed by atoms with van der Waals surface area (Å²) < 4.78 is 23.7. The quantitative estimate of drug-likeness (QED) is 0.701. The summed E-state index contributed by atoms with van der Waals surface area (Å²) in [7, 11) is 3.18. The largest absolute Gasteiger partial charge is 0.493 e. The van der Waals surface area contributed by atoms with Crippen LogP contribution in [0.4, 0.5) is 4.39 Å². The Hall–Kier alpha value is -2.62. The number of hydrogen-bond acceptors (Lipinski definition) is 5. The zero-order chi connectivity index (χ0) is 21.5. The molecular weight excluding hydrogens is 383 g/mol. The Morgan fingerprint density at radius 1 is 1.07 bits per heavy atom. The minimum Gasteiger partial charge on any atom is -0.493 e. The van der Waals surface area contributed by atoms with Gasteiger partial charge in [0.1, 0.15) is 5.82 Å². The smallest absolute Gasteiger partial charge is 0.161 e. The third kappa shape index (κ3) is 5.29. The van der Waals surface area contributed by atoms with E-state index >= 15 is 0 Å². The minimum atomic E-state index is -0.564. The Labute approximate surface area is 177 Å². The molecule has 2 unspecified atom stereocenters. The van der Waals surface area contributed by atoms with Crippen molar-refractivity contribution in [1.82, 2.24) is 4.90 Å². The third-order valence-corrected chi connectivity index (χ3v) is 5.99. The van der Waals surface area contributed by atoms with Gasteiger partial charge in [-0.25, -0.2) is 4.39 Å². The SMILES string of the molecule is COc1ccc(C(C#N)CCN2CCC(C(O)c3ccc(F)cc3)CC2)cc1OC. The van der Waals surface area contributed by atoms with E-state index in [1.807, 2.05) is 18.2 Å². The molecule has 2 aromatic rings. The lowest BCUT2D eigenvalue weighted by Gasteiger charge is -2.34. The number of piperidine rings is 1. The van der Waals surface area contributed by atoms with E-state index in [-0.39, 0.29) is 17.7 Å². The number of likely N-dealkylation sites (tertiary alicyclic amines) is 1. The van der Waals surface area contributed by atoms with Gasteiger partial charge in [-0.05, 0) is 80.2 Å². The van der Waals surface area contributed by atoms with Crippen LogP contribution in [0, 0.1) is 23.1 Å². The fraction of sp³-hybridized carbons (Fsp3) is 0.458. The van der Waals surface area contributed by atoms with Gasteiger partial charge in [-0.15, -0.1) is 0 Å². The normalized spacial score (nSPS) is 17.2. The topological polar surface area (TPSA) is 65.7 Å². The van der Waals surface area contributed by atoms with Crippen LogP contribution in [0.25, 0.3) is 0 Å². The van der Waals surface area contributed by atoms with Gasteiger partial charge >= 0.3 is 0 Å². The summed E-state index contributed by atoms with van der Waals surface area (Å²) in [6, 6.07) is 14.1. The molecule has 1 aliphatic rings. The summed E-state index contributed by atoms with van der Waals surface area (Å²) in [5.41, 5.74) is 1.70.